The van der Waals surface area contributed by atoms with E-state index in [0.717, 1.165) is 31.6 Å². The third-order valence-corrected chi connectivity index (χ3v) is 4.40. The van der Waals surface area contributed by atoms with Crippen LogP contribution in [0.5, 0.6) is 5.75 Å². The molecule has 0 aromatic heterocycles. The van der Waals surface area contributed by atoms with Crippen molar-refractivity contribution in [1.29, 1.82) is 0 Å². The van der Waals surface area contributed by atoms with Gasteiger partial charge in [-0.2, -0.15) is 5.10 Å². The fraction of sp³-hybridized carbons (Fsp3) is 0.263. The first kappa shape index (κ1) is 18.4. The average molecular weight is 368 g/mol. The number of nitro benzene ring substituents is 1. The molecule has 1 heterocycles. The van der Waals surface area contributed by atoms with Crippen LogP contribution in [0.25, 0.3) is 0 Å². The van der Waals surface area contributed by atoms with Gasteiger partial charge in [-0.15, -0.1) is 0 Å². The molecular weight excluding hydrogens is 348 g/mol. The summed E-state index contributed by atoms with van der Waals surface area (Å²) in [4.78, 5) is 24.9. The second-order valence-corrected chi connectivity index (χ2v) is 6.30. The zero-order valence-electron chi connectivity index (χ0n) is 14.7. The summed E-state index contributed by atoms with van der Waals surface area (Å²) in [5.74, 6) is -0.496. The molecule has 140 valence electrons. The second-order valence-electron chi connectivity index (χ2n) is 6.30. The molecule has 0 atom stereocenters. The van der Waals surface area contributed by atoms with Crippen molar-refractivity contribution in [2.45, 2.75) is 19.3 Å². The first-order valence-corrected chi connectivity index (χ1v) is 8.70. The number of rotatable bonds is 5. The van der Waals surface area contributed by atoms with Gasteiger partial charge in [0, 0.05) is 42.0 Å². The predicted molar refractivity (Wildman–Crippen MR) is 102 cm³/mol. The van der Waals surface area contributed by atoms with Crippen LogP contribution in [0.1, 0.15) is 35.2 Å². The van der Waals surface area contributed by atoms with Crippen LogP contribution >= 0.6 is 0 Å². The van der Waals surface area contributed by atoms with Crippen LogP contribution in [0.3, 0.4) is 0 Å². The first-order chi connectivity index (χ1) is 13.0. The van der Waals surface area contributed by atoms with Crippen LogP contribution in [-0.4, -0.2) is 35.2 Å². The van der Waals surface area contributed by atoms with Gasteiger partial charge in [-0.25, -0.2) is 5.43 Å². The van der Waals surface area contributed by atoms with Gasteiger partial charge in [-0.1, -0.05) is 6.07 Å². The molecule has 1 saturated heterocycles. The largest absolute Gasteiger partial charge is 0.508 e. The lowest BCUT2D eigenvalue weighted by Gasteiger charge is -2.29. The van der Waals surface area contributed by atoms with E-state index >= 15 is 0 Å². The number of nitro groups is 1. The lowest BCUT2D eigenvalue weighted by Crippen LogP contribution is -2.30. The zero-order valence-corrected chi connectivity index (χ0v) is 14.7. The zero-order chi connectivity index (χ0) is 19.2. The topological polar surface area (TPSA) is 108 Å². The number of nitrogens with zero attached hydrogens (tertiary/aromatic N) is 3. The van der Waals surface area contributed by atoms with Crippen LogP contribution in [-0.2, 0) is 0 Å². The predicted octanol–water partition coefficient (Wildman–Crippen LogP) is 3.05. The minimum Gasteiger partial charge on any atom is -0.508 e. The fourth-order valence-electron chi connectivity index (χ4n) is 3.05. The van der Waals surface area contributed by atoms with Crippen molar-refractivity contribution in [2.75, 3.05) is 18.0 Å². The molecular formula is C19H20N4O4. The number of benzene rings is 2. The van der Waals surface area contributed by atoms with Crippen molar-refractivity contribution < 1.29 is 14.8 Å². The van der Waals surface area contributed by atoms with E-state index in [-0.39, 0.29) is 17.0 Å². The lowest BCUT2D eigenvalue weighted by molar-refractivity contribution is -0.384. The van der Waals surface area contributed by atoms with E-state index in [1.165, 1.54) is 36.9 Å². The first-order valence-electron chi connectivity index (χ1n) is 8.70. The highest BCUT2D eigenvalue weighted by molar-refractivity contribution is 5.96. The molecule has 3 rings (SSSR count). The molecule has 0 spiro atoms. The van der Waals surface area contributed by atoms with E-state index in [1.807, 2.05) is 0 Å². The Morgan fingerprint density at radius 2 is 1.96 bits per heavy atom. The average Bonchev–Trinajstić information content (AvgIpc) is 2.68. The van der Waals surface area contributed by atoms with E-state index in [4.69, 9.17) is 0 Å². The number of piperidine rings is 1. The number of hydrogen-bond donors (Lipinski definition) is 2. The van der Waals surface area contributed by atoms with Crippen LogP contribution < -0.4 is 10.3 Å². The van der Waals surface area contributed by atoms with Gasteiger partial charge in [0.15, 0.2) is 0 Å². The molecule has 1 aliphatic rings. The quantitative estimate of drug-likeness (QED) is 0.479. The Morgan fingerprint density at radius 1 is 1.19 bits per heavy atom. The van der Waals surface area contributed by atoms with Crippen LogP contribution in [0.2, 0.25) is 0 Å². The molecule has 2 aromatic carbocycles. The molecule has 0 unspecified atom stereocenters. The summed E-state index contributed by atoms with van der Waals surface area (Å²) in [5.41, 5.74) is 4.05. The van der Waals surface area contributed by atoms with Crippen LogP contribution in [0, 0.1) is 10.1 Å². The minimum atomic E-state index is -0.480. The van der Waals surface area contributed by atoms with Crippen LogP contribution in [0.4, 0.5) is 11.4 Å². The molecule has 1 fully saturated rings. The molecule has 2 N–H and O–H groups in total. The number of nitrogens with one attached hydrogen (secondary N) is 1. The molecule has 2 aromatic rings. The maximum atomic E-state index is 12.1. The minimum absolute atomic E-state index is 0.0160. The molecule has 0 aliphatic carbocycles. The number of aromatic hydroxyl groups is 1. The summed E-state index contributed by atoms with van der Waals surface area (Å²) < 4.78 is 0. The maximum absolute atomic E-state index is 12.1. The standard InChI is InChI=1S/C19H20N4O4/c24-17-6-4-5-14(12-17)19(25)21-20-13-15-11-16(23(26)27)7-8-18(15)22-9-2-1-3-10-22/h4-8,11-13,24H,1-3,9-10H2,(H,21,25)/b20-13+. The normalized spacial score (nSPS) is 14.3. The Bertz CT molecular complexity index is 876. The number of carbonyl (C=O) groups excluding carboxylic acids is 1. The van der Waals surface area contributed by atoms with E-state index in [0.29, 0.717) is 5.56 Å². The van der Waals surface area contributed by atoms with Gasteiger partial charge in [-0.05, 0) is 43.5 Å². The number of hydrogen-bond acceptors (Lipinski definition) is 6. The van der Waals surface area contributed by atoms with E-state index < -0.39 is 10.8 Å². The number of phenols is 1. The molecule has 0 bridgehead atoms. The number of amides is 1. The monoisotopic (exact) mass is 368 g/mol. The maximum Gasteiger partial charge on any atom is 0.271 e. The summed E-state index contributed by atoms with van der Waals surface area (Å²) in [5, 5.41) is 24.5. The third kappa shape index (κ3) is 4.60. The summed E-state index contributed by atoms with van der Waals surface area (Å²) in [6, 6.07) is 10.6. The Hall–Kier alpha value is -3.42. The Balaban J connectivity index is 1.80. The van der Waals surface area contributed by atoms with Crippen molar-refractivity contribution in [1.82, 2.24) is 5.43 Å². The molecule has 1 amide bonds. The number of anilines is 1. The highest BCUT2D eigenvalue weighted by Crippen LogP contribution is 2.26. The summed E-state index contributed by atoms with van der Waals surface area (Å²) in [6.45, 7) is 1.77. The third-order valence-electron chi connectivity index (χ3n) is 4.40. The molecule has 8 nitrogen and oxygen atoms in total. The molecule has 0 saturated carbocycles. The SMILES string of the molecule is O=C(N/N=C/c1cc([N+](=O)[O-])ccc1N1CCCCC1)c1cccc(O)c1. The van der Waals surface area contributed by atoms with E-state index in [2.05, 4.69) is 15.4 Å². The second kappa shape index (κ2) is 8.31. The lowest BCUT2D eigenvalue weighted by atomic mass is 10.1. The number of carbonyl (C=O) groups is 1. The molecule has 27 heavy (non-hydrogen) atoms. The highest BCUT2D eigenvalue weighted by atomic mass is 16.6. The Kier molecular flexibility index (Phi) is 5.65. The van der Waals surface area contributed by atoms with E-state index in [9.17, 15) is 20.0 Å². The van der Waals surface area contributed by atoms with E-state index in [1.54, 1.807) is 18.2 Å². The summed E-state index contributed by atoms with van der Waals surface area (Å²) >= 11 is 0. The van der Waals surface area contributed by atoms with Gasteiger partial charge in [0.05, 0.1) is 11.1 Å². The van der Waals surface area contributed by atoms with Crippen molar-refractivity contribution >= 4 is 23.5 Å². The molecule has 8 heteroatoms. The van der Waals surface area contributed by atoms with Gasteiger partial charge >= 0.3 is 0 Å². The number of hydrazone groups is 1. The fourth-order valence-corrected chi connectivity index (χ4v) is 3.05. The Morgan fingerprint density at radius 3 is 2.67 bits per heavy atom. The van der Waals surface area contributed by atoms with Crippen molar-refractivity contribution in [2.24, 2.45) is 5.10 Å². The van der Waals surface area contributed by atoms with Crippen molar-refractivity contribution in [3.8, 4) is 5.75 Å². The Labute approximate surface area is 156 Å². The highest BCUT2D eigenvalue weighted by Gasteiger charge is 2.17. The molecule has 0 radical (unpaired) electrons. The summed E-state index contributed by atoms with van der Waals surface area (Å²) in [6.07, 6.45) is 4.73. The van der Waals surface area contributed by atoms with Gasteiger partial charge < -0.3 is 10.0 Å². The van der Waals surface area contributed by atoms with Crippen LogP contribution in [0.15, 0.2) is 47.6 Å². The number of non-ortho nitro benzene ring substituents is 1. The summed E-state index contributed by atoms with van der Waals surface area (Å²) in [7, 11) is 0. The number of phenolic OH excluding ortho intramolecular Hbond substituents is 1. The van der Waals surface area contributed by atoms with Gasteiger partial charge in [-0.3, -0.25) is 14.9 Å². The van der Waals surface area contributed by atoms with Gasteiger partial charge in [0.2, 0.25) is 0 Å². The van der Waals surface area contributed by atoms with Gasteiger partial charge in [0.1, 0.15) is 5.75 Å². The van der Waals surface area contributed by atoms with Gasteiger partial charge in [0.25, 0.3) is 11.6 Å². The smallest absolute Gasteiger partial charge is 0.271 e. The van der Waals surface area contributed by atoms with Crippen molar-refractivity contribution in [3.05, 3.63) is 63.7 Å². The molecule has 1 aliphatic heterocycles. The van der Waals surface area contributed by atoms with Crippen molar-refractivity contribution in [3.63, 3.8) is 0 Å².